The predicted molar refractivity (Wildman–Crippen MR) is 64.6 cm³/mol. The van der Waals surface area contributed by atoms with Crippen LogP contribution in [-0.2, 0) is 0 Å². The predicted octanol–water partition coefficient (Wildman–Crippen LogP) is 0.399. The molecule has 0 aliphatic heterocycles. The van der Waals surface area contributed by atoms with E-state index in [-0.39, 0.29) is 0 Å². The first kappa shape index (κ1) is 13.0. The van der Waals surface area contributed by atoms with E-state index in [4.69, 9.17) is 11.5 Å². The molecule has 0 aromatic carbocycles. The summed E-state index contributed by atoms with van der Waals surface area (Å²) in [5.74, 6) is 0.542. The van der Waals surface area contributed by atoms with E-state index in [1.807, 2.05) is 0 Å². The topological polar surface area (TPSA) is 76.1 Å². The van der Waals surface area contributed by atoms with Gasteiger partial charge < -0.3 is 22.1 Å². The second kappa shape index (κ2) is 8.62. The fourth-order valence-electron chi connectivity index (χ4n) is 1.06. The van der Waals surface area contributed by atoms with Crippen LogP contribution in [0.15, 0.2) is 12.4 Å². The summed E-state index contributed by atoms with van der Waals surface area (Å²) in [4.78, 5) is 0. The SMILES string of the molecule is C=C(N)NCCCCCCNC(N)=S. The van der Waals surface area contributed by atoms with Gasteiger partial charge in [0.25, 0.3) is 0 Å². The van der Waals surface area contributed by atoms with Crippen molar-refractivity contribution in [1.29, 1.82) is 0 Å². The summed E-state index contributed by atoms with van der Waals surface area (Å²) < 4.78 is 0. The third-order valence-corrected chi connectivity index (χ3v) is 1.90. The largest absolute Gasteiger partial charge is 0.386 e. The summed E-state index contributed by atoms with van der Waals surface area (Å²) in [6.45, 7) is 5.32. The Balaban J connectivity index is 2.99. The van der Waals surface area contributed by atoms with E-state index < -0.39 is 0 Å². The third-order valence-electron chi connectivity index (χ3n) is 1.75. The Morgan fingerprint density at radius 1 is 1.00 bits per heavy atom. The number of hydrogen-bond donors (Lipinski definition) is 4. The fourth-order valence-corrected chi connectivity index (χ4v) is 1.17. The summed E-state index contributed by atoms with van der Waals surface area (Å²) in [6, 6.07) is 0. The summed E-state index contributed by atoms with van der Waals surface area (Å²) in [5, 5.41) is 6.28. The molecule has 0 fully saturated rings. The highest BCUT2D eigenvalue weighted by Crippen LogP contribution is 1.97. The van der Waals surface area contributed by atoms with Crippen molar-refractivity contribution in [3.8, 4) is 0 Å². The Labute approximate surface area is 91.1 Å². The summed E-state index contributed by atoms with van der Waals surface area (Å²) in [7, 11) is 0. The van der Waals surface area contributed by atoms with Gasteiger partial charge in [-0.2, -0.15) is 0 Å². The molecule has 0 spiro atoms. The Bertz CT molecular complexity index is 162. The van der Waals surface area contributed by atoms with Gasteiger partial charge in [0.05, 0.1) is 5.82 Å². The van der Waals surface area contributed by atoms with E-state index in [1.165, 1.54) is 12.8 Å². The number of nitrogens with two attached hydrogens (primary N) is 2. The van der Waals surface area contributed by atoms with Crippen molar-refractivity contribution < 1.29 is 0 Å². The van der Waals surface area contributed by atoms with Gasteiger partial charge in [-0.3, -0.25) is 0 Å². The molecular formula is C9H20N4S. The van der Waals surface area contributed by atoms with Crippen molar-refractivity contribution in [2.75, 3.05) is 13.1 Å². The van der Waals surface area contributed by atoms with Gasteiger partial charge in [0.2, 0.25) is 0 Å². The molecule has 0 bridgehead atoms. The zero-order chi connectivity index (χ0) is 10.8. The molecule has 0 atom stereocenters. The Morgan fingerprint density at radius 2 is 1.50 bits per heavy atom. The first-order valence-corrected chi connectivity index (χ1v) is 5.25. The highest BCUT2D eigenvalue weighted by atomic mass is 32.1. The number of nitrogens with one attached hydrogen (secondary N) is 2. The van der Waals surface area contributed by atoms with E-state index in [0.29, 0.717) is 10.9 Å². The molecule has 4 nitrogen and oxygen atoms in total. The molecule has 0 unspecified atom stereocenters. The zero-order valence-electron chi connectivity index (χ0n) is 8.51. The second-order valence-corrected chi connectivity index (χ2v) is 3.60. The first-order chi connectivity index (χ1) is 6.63. The lowest BCUT2D eigenvalue weighted by Gasteiger charge is -2.05. The smallest absolute Gasteiger partial charge is 0.163 e. The molecule has 82 valence electrons. The first-order valence-electron chi connectivity index (χ1n) is 4.84. The maximum Gasteiger partial charge on any atom is 0.163 e. The van der Waals surface area contributed by atoms with Crippen LogP contribution in [0.5, 0.6) is 0 Å². The molecule has 0 aromatic rings. The highest BCUT2D eigenvalue weighted by molar-refractivity contribution is 7.80. The zero-order valence-corrected chi connectivity index (χ0v) is 9.33. The number of unbranched alkanes of at least 4 members (excludes halogenated alkanes) is 3. The lowest BCUT2D eigenvalue weighted by molar-refractivity contribution is 0.611. The lowest BCUT2D eigenvalue weighted by Crippen LogP contribution is -2.29. The van der Waals surface area contributed by atoms with Crippen molar-refractivity contribution in [3.05, 3.63) is 12.4 Å². The van der Waals surface area contributed by atoms with E-state index in [9.17, 15) is 0 Å². The van der Waals surface area contributed by atoms with Crippen LogP contribution in [0.1, 0.15) is 25.7 Å². The van der Waals surface area contributed by atoms with Crippen molar-refractivity contribution in [1.82, 2.24) is 10.6 Å². The van der Waals surface area contributed by atoms with Crippen LogP contribution in [0, 0.1) is 0 Å². The van der Waals surface area contributed by atoms with Gasteiger partial charge in [0.1, 0.15) is 0 Å². The minimum Gasteiger partial charge on any atom is -0.386 e. The van der Waals surface area contributed by atoms with Gasteiger partial charge in [0.15, 0.2) is 5.11 Å². The average Bonchev–Trinajstić information content (AvgIpc) is 2.08. The summed E-state index contributed by atoms with van der Waals surface area (Å²) in [5.41, 5.74) is 10.6. The van der Waals surface area contributed by atoms with E-state index in [1.54, 1.807) is 0 Å². The summed E-state index contributed by atoms with van der Waals surface area (Å²) >= 11 is 4.68. The standard InChI is InChI=1S/C9H20N4S/c1-8(10)12-6-4-2-3-5-7-13-9(11)14/h12H,1-7,10H2,(H3,11,13,14). The molecule has 0 saturated carbocycles. The van der Waals surface area contributed by atoms with E-state index in [0.717, 1.165) is 25.9 Å². The molecule has 0 saturated heterocycles. The quantitative estimate of drug-likeness (QED) is 0.349. The van der Waals surface area contributed by atoms with Crippen LogP contribution in [-0.4, -0.2) is 18.2 Å². The maximum absolute atomic E-state index is 5.34. The van der Waals surface area contributed by atoms with Crippen LogP contribution in [0.2, 0.25) is 0 Å². The van der Waals surface area contributed by atoms with Crippen LogP contribution < -0.4 is 22.1 Å². The van der Waals surface area contributed by atoms with Crippen molar-refractivity contribution >= 4 is 17.3 Å². The van der Waals surface area contributed by atoms with Crippen LogP contribution in [0.3, 0.4) is 0 Å². The number of rotatable bonds is 8. The normalized spacial score (nSPS) is 9.43. The maximum atomic E-state index is 5.34. The Kier molecular flexibility index (Phi) is 8.02. The van der Waals surface area contributed by atoms with E-state index >= 15 is 0 Å². The molecule has 0 aliphatic rings. The molecule has 5 heteroatoms. The third kappa shape index (κ3) is 11.0. The molecule has 0 rings (SSSR count). The van der Waals surface area contributed by atoms with Crippen LogP contribution in [0.4, 0.5) is 0 Å². The number of hydrogen-bond acceptors (Lipinski definition) is 3. The van der Waals surface area contributed by atoms with Gasteiger partial charge in [-0.15, -0.1) is 0 Å². The Morgan fingerprint density at radius 3 is 1.93 bits per heavy atom. The van der Waals surface area contributed by atoms with Gasteiger partial charge >= 0.3 is 0 Å². The minimum atomic E-state index is 0.381. The van der Waals surface area contributed by atoms with Gasteiger partial charge in [-0.1, -0.05) is 19.4 Å². The van der Waals surface area contributed by atoms with Crippen LogP contribution >= 0.6 is 12.2 Å². The van der Waals surface area contributed by atoms with Crippen molar-refractivity contribution in [2.45, 2.75) is 25.7 Å². The van der Waals surface area contributed by atoms with E-state index in [2.05, 4.69) is 29.4 Å². The van der Waals surface area contributed by atoms with Crippen LogP contribution in [0.25, 0.3) is 0 Å². The average molecular weight is 216 g/mol. The molecule has 0 amide bonds. The van der Waals surface area contributed by atoms with Crippen molar-refractivity contribution in [2.24, 2.45) is 11.5 Å². The minimum absolute atomic E-state index is 0.381. The monoisotopic (exact) mass is 216 g/mol. The molecular weight excluding hydrogens is 196 g/mol. The molecule has 6 N–H and O–H groups in total. The molecule has 0 aromatic heterocycles. The second-order valence-electron chi connectivity index (χ2n) is 3.16. The fraction of sp³-hybridized carbons (Fsp3) is 0.667. The molecule has 0 aliphatic carbocycles. The van der Waals surface area contributed by atoms with Gasteiger partial charge in [-0.25, -0.2) is 0 Å². The van der Waals surface area contributed by atoms with Gasteiger partial charge in [0, 0.05) is 13.1 Å². The lowest BCUT2D eigenvalue weighted by atomic mass is 10.2. The number of thiocarbonyl (C=S) groups is 1. The highest BCUT2D eigenvalue weighted by Gasteiger charge is 1.91. The Hall–Kier alpha value is -0.970. The molecule has 0 heterocycles. The molecule has 14 heavy (non-hydrogen) atoms. The van der Waals surface area contributed by atoms with Crippen molar-refractivity contribution in [3.63, 3.8) is 0 Å². The van der Waals surface area contributed by atoms with Gasteiger partial charge in [-0.05, 0) is 25.1 Å². The molecule has 0 radical (unpaired) electrons. The summed E-state index contributed by atoms with van der Waals surface area (Å²) in [6.07, 6.45) is 4.57.